The molecule has 2 aromatic carbocycles. The molecule has 1 aliphatic rings. The van der Waals surface area contributed by atoms with Crippen molar-refractivity contribution in [3.63, 3.8) is 0 Å². The third-order valence-electron chi connectivity index (χ3n) is 4.13. The summed E-state index contributed by atoms with van der Waals surface area (Å²) in [6, 6.07) is 6.57. The van der Waals surface area contributed by atoms with Gasteiger partial charge in [-0.3, -0.25) is 28.8 Å². The Morgan fingerprint density at radius 1 is 0.861 bits per heavy atom. The smallest absolute Gasteiger partial charge is 0.314 e. The number of hydrogen-bond acceptors (Lipinski definition) is 8. The molecule has 2 aromatic rings. The fourth-order valence-electron chi connectivity index (χ4n) is 2.46. The zero-order chi connectivity index (χ0) is 27.4. The molecule has 12 nitrogen and oxygen atoms in total. The highest BCUT2D eigenvalue weighted by Crippen LogP contribution is 2.17. The molecular formula is C22H22F2N4O8. The number of carbonyl (C=O) groups excluding carboxylic acids is 5. The standard InChI is InChI=1S/C11H11FN2O4.C7H7FN2O.C4H4O3/c12-6-1-2-7(11(13)18)8(5-6)14-9(15)3-4-10(16)17;8-4-1-2-5(7(10)11)6(9)3-4;5-3-1-2-4(6)7-3/h1-2,5H,3-4H2,(H2,13,18)(H,14,15)(H,16,17);1-3H,9H2,(H2,10,11);1-2H2. The molecule has 3 amide bonds. The largest absolute Gasteiger partial charge is 0.481 e. The average molecular weight is 508 g/mol. The van der Waals surface area contributed by atoms with Crippen LogP contribution in [0.1, 0.15) is 46.4 Å². The summed E-state index contributed by atoms with van der Waals surface area (Å²) in [5.41, 5.74) is 15.4. The second-order valence-electron chi connectivity index (χ2n) is 6.94. The summed E-state index contributed by atoms with van der Waals surface area (Å²) in [6.07, 6.45) is -0.102. The van der Waals surface area contributed by atoms with Crippen LogP contribution in [-0.2, 0) is 23.9 Å². The van der Waals surface area contributed by atoms with Crippen LogP contribution < -0.4 is 22.5 Å². The van der Waals surface area contributed by atoms with Crippen molar-refractivity contribution < 1.29 is 47.4 Å². The summed E-state index contributed by atoms with van der Waals surface area (Å²) in [6.45, 7) is 0. The summed E-state index contributed by atoms with van der Waals surface area (Å²) in [7, 11) is 0. The Morgan fingerprint density at radius 3 is 1.78 bits per heavy atom. The van der Waals surface area contributed by atoms with Gasteiger partial charge >= 0.3 is 17.9 Å². The third-order valence-corrected chi connectivity index (χ3v) is 4.13. The molecule has 0 aliphatic carbocycles. The molecule has 1 aliphatic heterocycles. The molecule has 0 saturated carbocycles. The third kappa shape index (κ3) is 10.4. The molecule has 0 bridgehead atoms. The van der Waals surface area contributed by atoms with Crippen molar-refractivity contribution in [1.29, 1.82) is 0 Å². The molecule has 1 heterocycles. The van der Waals surface area contributed by atoms with Gasteiger partial charge in [0.1, 0.15) is 11.6 Å². The first-order chi connectivity index (χ1) is 16.8. The predicted octanol–water partition coefficient (Wildman–Crippen LogP) is 1.08. The monoisotopic (exact) mass is 508 g/mol. The van der Waals surface area contributed by atoms with Gasteiger partial charge in [0.2, 0.25) is 5.91 Å². The number of anilines is 2. The highest BCUT2D eigenvalue weighted by atomic mass is 19.1. The molecule has 14 heteroatoms. The first-order valence-corrected chi connectivity index (χ1v) is 9.99. The Labute approximate surface area is 202 Å². The zero-order valence-corrected chi connectivity index (χ0v) is 18.6. The van der Waals surface area contributed by atoms with E-state index in [1.165, 1.54) is 6.07 Å². The van der Waals surface area contributed by atoms with E-state index in [1.54, 1.807) is 0 Å². The van der Waals surface area contributed by atoms with Crippen LogP contribution in [0.25, 0.3) is 0 Å². The highest BCUT2D eigenvalue weighted by molar-refractivity contribution is 6.03. The second-order valence-corrected chi connectivity index (χ2v) is 6.94. The Bertz CT molecular complexity index is 1170. The number of hydrogen-bond donors (Lipinski definition) is 5. The Hall–Kier alpha value is -4.88. The number of carboxylic acid groups (broad SMARTS) is 1. The van der Waals surface area contributed by atoms with Crippen LogP contribution in [0.2, 0.25) is 0 Å². The average Bonchev–Trinajstić information content (AvgIpc) is 3.15. The van der Waals surface area contributed by atoms with Gasteiger partial charge in [0, 0.05) is 12.1 Å². The number of halogens is 2. The number of benzene rings is 2. The molecule has 0 unspecified atom stereocenters. The van der Waals surface area contributed by atoms with Crippen LogP contribution in [0.4, 0.5) is 20.2 Å². The number of rotatable bonds is 6. The maximum absolute atomic E-state index is 13.0. The Balaban J connectivity index is 0.000000303. The lowest BCUT2D eigenvalue weighted by Crippen LogP contribution is -2.19. The van der Waals surface area contributed by atoms with Gasteiger partial charge in [0.25, 0.3) is 11.8 Å². The van der Waals surface area contributed by atoms with Gasteiger partial charge < -0.3 is 32.4 Å². The number of nitrogen functional groups attached to an aromatic ring is 1. The molecule has 8 N–H and O–H groups in total. The summed E-state index contributed by atoms with van der Waals surface area (Å²) in [4.78, 5) is 63.2. The summed E-state index contributed by atoms with van der Waals surface area (Å²) in [5, 5.41) is 10.6. The van der Waals surface area contributed by atoms with Crippen LogP contribution in [0.3, 0.4) is 0 Å². The minimum absolute atomic E-state index is 0.0416. The summed E-state index contributed by atoms with van der Waals surface area (Å²) < 4.78 is 29.4. The number of ether oxygens (including phenoxy) is 1. The van der Waals surface area contributed by atoms with Gasteiger partial charge in [-0.15, -0.1) is 0 Å². The molecule has 1 saturated heterocycles. The van der Waals surface area contributed by atoms with Crippen molar-refractivity contribution in [2.45, 2.75) is 25.7 Å². The first kappa shape index (κ1) is 29.2. The predicted molar refractivity (Wildman–Crippen MR) is 120 cm³/mol. The van der Waals surface area contributed by atoms with Crippen LogP contribution in [0.15, 0.2) is 36.4 Å². The van der Waals surface area contributed by atoms with Gasteiger partial charge in [-0.1, -0.05) is 0 Å². The maximum Gasteiger partial charge on any atom is 0.314 e. The number of carbonyl (C=O) groups is 6. The van der Waals surface area contributed by atoms with Crippen molar-refractivity contribution in [3.05, 3.63) is 59.2 Å². The number of nitrogens with one attached hydrogen (secondary N) is 1. The van der Waals surface area contributed by atoms with E-state index in [1.807, 2.05) is 0 Å². The lowest BCUT2D eigenvalue weighted by atomic mass is 10.1. The number of aliphatic carboxylic acids is 1. The number of nitrogens with two attached hydrogens (primary N) is 3. The molecule has 36 heavy (non-hydrogen) atoms. The molecule has 3 rings (SSSR count). The van der Waals surface area contributed by atoms with Crippen LogP contribution in [0.5, 0.6) is 0 Å². The van der Waals surface area contributed by atoms with Crippen molar-refractivity contribution in [2.24, 2.45) is 11.5 Å². The van der Waals surface area contributed by atoms with Gasteiger partial charge in [0.05, 0.1) is 36.1 Å². The molecular weight excluding hydrogens is 486 g/mol. The lowest BCUT2D eigenvalue weighted by Gasteiger charge is -2.08. The van der Waals surface area contributed by atoms with Crippen LogP contribution >= 0.6 is 0 Å². The van der Waals surface area contributed by atoms with Gasteiger partial charge in [-0.25, -0.2) is 8.78 Å². The van der Waals surface area contributed by atoms with E-state index in [9.17, 15) is 37.5 Å². The Kier molecular flexibility index (Phi) is 11.1. The van der Waals surface area contributed by atoms with Crippen molar-refractivity contribution in [2.75, 3.05) is 11.1 Å². The second kappa shape index (κ2) is 13.7. The fourth-order valence-corrected chi connectivity index (χ4v) is 2.46. The van der Waals surface area contributed by atoms with Gasteiger partial charge in [0.15, 0.2) is 0 Å². The molecule has 0 aromatic heterocycles. The Morgan fingerprint density at radius 2 is 1.36 bits per heavy atom. The number of esters is 2. The fraction of sp³-hybridized carbons (Fsp3) is 0.182. The molecule has 192 valence electrons. The van der Waals surface area contributed by atoms with E-state index in [0.717, 1.165) is 30.3 Å². The van der Waals surface area contributed by atoms with E-state index in [4.69, 9.17) is 22.3 Å². The molecule has 0 spiro atoms. The number of primary amides is 2. The number of amides is 3. The SMILES string of the molecule is NC(=O)c1ccc(F)cc1N.NC(=O)c1ccc(F)cc1NC(=O)CCC(=O)O.O=C1CCC(=O)O1. The van der Waals surface area contributed by atoms with Gasteiger partial charge in [-0.05, 0) is 36.4 Å². The normalized spacial score (nSPS) is 11.7. The van der Waals surface area contributed by atoms with Gasteiger partial charge in [-0.2, -0.15) is 0 Å². The quantitative estimate of drug-likeness (QED) is 0.214. The summed E-state index contributed by atoms with van der Waals surface area (Å²) >= 11 is 0. The van der Waals surface area contributed by atoms with E-state index in [-0.39, 0.29) is 48.2 Å². The topological polar surface area (TPSA) is 222 Å². The maximum atomic E-state index is 13.0. The lowest BCUT2D eigenvalue weighted by molar-refractivity contribution is -0.152. The van der Waals surface area contributed by atoms with E-state index in [0.29, 0.717) is 0 Å². The molecule has 1 fully saturated rings. The molecule has 0 atom stereocenters. The van der Waals surface area contributed by atoms with E-state index in [2.05, 4.69) is 10.1 Å². The number of cyclic esters (lactones) is 2. The van der Waals surface area contributed by atoms with E-state index < -0.39 is 47.3 Å². The first-order valence-electron chi connectivity index (χ1n) is 9.99. The zero-order valence-electron chi connectivity index (χ0n) is 18.6. The van der Waals surface area contributed by atoms with Crippen LogP contribution in [0, 0.1) is 11.6 Å². The molecule has 0 radical (unpaired) electrons. The van der Waals surface area contributed by atoms with E-state index >= 15 is 0 Å². The minimum Gasteiger partial charge on any atom is -0.481 e. The summed E-state index contributed by atoms with van der Waals surface area (Å²) in [5.74, 6) is -5.15. The van der Waals surface area contributed by atoms with Crippen molar-refractivity contribution >= 4 is 47.0 Å². The minimum atomic E-state index is -1.13. The van der Waals surface area contributed by atoms with Crippen molar-refractivity contribution in [1.82, 2.24) is 0 Å². The number of carboxylic acids is 1. The van der Waals surface area contributed by atoms with Crippen LogP contribution in [-0.4, -0.2) is 40.7 Å². The van der Waals surface area contributed by atoms with Crippen molar-refractivity contribution in [3.8, 4) is 0 Å². The highest BCUT2D eigenvalue weighted by Gasteiger charge is 2.19.